The van der Waals surface area contributed by atoms with Crippen molar-refractivity contribution < 1.29 is 4.42 Å². The van der Waals surface area contributed by atoms with Crippen LogP contribution in [0.4, 0.5) is 0 Å². The Morgan fingerprint density at radius 3 is 2.91 bits per heavy atom. The Kier molecular flexibility index (Phi) is 1.85. The van der Waals surface area contributed by atoms with Gasteiger partial charge in [-0.2, -0.15) is 0 Å². The van der Waals surface area contributed by atoms with Crippen LogP contribution in [0.5, 0.6) is 0 Å². The van der Waals surface area contributed by atoms with E-state index in [0.717, 1.165) is 16.9 Å². The fraction of sp³-hybridized carbons (Fsp3) is 0.714. The molecule has 0 saturated heterocycles. The van der Waals surface area contributed by atoms with Crippen LogP contribution in [0.3, 0.4) is 0 Å². The molecule has 1 aromatic heterocycles. The molecule has 0 N–H and O–H groups in total. The fourth-order valence-electron chi connectivity index (χ4n) is 0.810. The fourth-order valence-corrected chi connectivity index (χ4v) is 1.80. The average Bonchev–Trinajstić information content (AvgIpc) is 2.72. The van der Waals surface area contributed by atoms with Crippen LogP contribution in [0.1, 0.15) is 18.7 Å². The largest absolute Gasteiger partial charge is 0.416 e. The summed E-state index contributed by atoms with van der Waals surface area (Å²) < 4.78 is 5.20. The van der Waals surface area contributed by atoms with Crippen LogP contribution < -0.4 is 0 Å². The first-order chi connectivity index (χ1) is 5.34. The summed E-state index contributed by atoms with van der Waals surface area (Å²) in [6.07, 6.45) is 2.75. The van der Waals surface area contributed by atoms with E-state index in [2.05, 4.69) is 10.2 Å². The van der Waals surface area contributed by atoms with E-state index in [4.69, 9.17) is 4.42 Å². The van der Waals surface area contributed by atoms with Gasteiger partial charge in [0.05, 0.1) is 0 Å². The van der Waals surface area contributed by atoms with Gasteiger partial charge in [-0.15, -0.1) is 10.2 Å². The number of hydrogen-bond donors (Lipinski definition) is 0. The van der Waals surface area contributed by atoms with Crippen molar-refractivity contribution in [1.29, 1.82) is 0 Å². The van der Waals surface area contributed by atoms with Crippen molar-refractivity contribution >= 4 is 11.8 Å². The van der Waals surface area contributed by atoms with Crippen LogP contribution in [0, 0.1) is 12.8 Å². The predicted molar refractivity (Wildman–Crippen MR) is 42.5 cm³/mol. The van der Waals surface area contributed by atoms with Gasteiger partial charge in [-0.3, -0.25) is 0 Å². The first-order valence-corrected chi connectivity index (χ1v) is 4.76. The summed E-state index contributed by atoms with van der Waals surface area (Å²) in [5.74, 6) is 2.71. The molecule has 11 heavy (non-hydrogen) atoms. The predicted octanol–water partition coefficient (Wildman–Crippen LogP) is 1.88. The maximum atomic E-state index is 5.20. The normalized spacial score (nSPS) is 17.2. The van der Waals surface area contributed by atoms with Gasteiger partial charge < -0.3 is 4.42 Å². The van der Waals surface area contributed by atoms with E-state index in [1.54, 1.807) is 11.8 Å². The highest BCUT2D eigenvalue weighted by molar-refractivity contribution is 7.99. The maximum Gasteiger partial charge on any atom is 0.276 e. The third-order valence-corrected chi connectivity index (χ3v) is 2.70. The van der Waals surface area contributed by atoms with Gasteiger partial charge in [0, 0.05) is 12.7 Å². The Balaban J connectivity index is 1.85. The second-order valence-corrected chi connectivity index (χ2v) is 3.81. The molecule has 0 bridgehead atoms. The van der Waals surface area contributed by atoms with Crippen LogP contribution >= 0.6 is 11.8 Å². The van der Waals surface area contributed by atoms with Gasteiger partial charge in [0.15, 0.2) is 0 Å². The highest BCUT2D eigenvalue weighted by atomic mass is 32.2. The summed E-state index contributed by atoms with van der Waals surface area (Å²) >= 11 is 1.67. The summed E-state index contributed by atoms with van der Waals surface area (Å²) in [7, 11) is 0. The molecule has 4 heteroatoms. The molecule has 1 aliphatic carbocycles. The minimum Gasteiger partial charge on any atom is -0.416 e. The van der Waals surface area contributed by atoms with E-state index < -0.39 is 0 Å². The molecule has 1 aliphatic rings. The van der Waals surface area contributed by atoms with Crippen molar-refractivity contribution in [3.8, 4) is 0 Å². The first kappa shape index (κ1) is 7.16. The highest BCUT2D eigenvalue weighted by Crippen LogP contribution is 2.34. The number of aromatic nitrogens is 2. The van der Waals surface area contributed by atoms with Gasteiger partial charge >= 0.3 is 0 Å². The average molecular weight is 170 g/mol. The third kappa shape index (κ3) is 1.96. The lowest BCUT2D eigenvalue weighted by Gasteiger charge is -1.89. The van der Waals surface area contributed by atoms with Crippen molar-refractivity contribution in [2.45, 2.75) is 25.0 Å². The van der Waals surface area contributed by atoms with Crippen molar-refractivity contribution in [3.63, 3.8) is 0 Å². The first-order valence-electron chi connectivity index (χ1n) is 3.77. The molecule has 1 saturated carbocycles. The van der Waals surface area contributed by atoms with Crippen molar-refractivity contribution in [2.24, 2.45) is 5.92 Å². The van der Waals surface area contributed by atoms with Crippen LogP contribution in [0.2, 0.25) is 0 Å². The topological polar surface area (TPSA) is 38.9 Å². The lowest BCUT2D eigenvalue weighted by molar-refractivity contribution is 0.429. The van der Waals surface area contributed by atoms with E-state index in [0.29, 0.717) is 5.89 Å². The van der Waals surface area contributed by atoms with Crippen LogP contribution in [0.15, 0.2) is 9.64 Å². The van der Waals surface area contributed by atoms with E-state index in [1.165, 1.54) is 12.8 Å². The van der Waals surface area contributed by atoms with Gasteiger partial charge in [0.25, 0.3) is 5.22 Å². The summed E-state index contributed by atoms with van der Waals surface area (Å²) in [5, 5.41) is 8.36. The Hall–Kier alpha value is -0.510. The van der Waals surface area contributed by atoms with Gasteiger partial charge in [0.2, 0.25) is 5.89 Å². The van der Waals surface area contributed by atoms with Crippen molar-refractivity contribution in [3.05, 3.63) is 5.89 Å². The monoisotopic (exact) mass is 170 g/mol. The van der Waals surface area contributed by atoms with Crippen LogP contribution in [0.25, 0.3) is 0 Å². The van der Waals surface area contributed by atoms with Gasteiger partial charge in [-0.1, -0.05) is 11.8 Å². The van der Waals surface area contributed by atoms with Gasteiger partial charge in [-0.25, -0.2) is 0 Å². The summed E-state index contributed by atoms with van der Waals surface area (Å²) in [6, 6.07) is 0. The minimum atomic E-state index is 0.656. The molecule has 0 aliphatic heterocycles. The molecule has 0 amide bonds. The number of thioether (sulfide) groups is 1. The summed E-state index contributed by atoms with van der Waals surface area (Å²) in [4.78, 5) is 0. The second-order valence-electron chi connectivity index (χ2n) is 2.84. The quantitative estimate of drug-likeness (QED) is 0.649. The molecule has 1 heterocycles. The van der Waals surface area contributed by atoms with E-state index in [9.17, 15) is 0 Å². The van der Waals surface area contributed by atoms with E-state index >= 15 is 0 Å². The molecule has 0 radical (unpaired) electrons. The molecule has 3 nitrogen and oxygen atoms in total. The molecule has 60 valence electrons. The summed E-state index contributed by atoms with van der Waals surface area (Å²) in [5.41, 5.74) is 0. The molecule has 0 atom stereocenters. The zero-order valence-corrected chi connectivity index (χ0v) is 7.23. The lowest BCUT2D eigenvalue weighted by atomic mass is 10.5. The lowest BCUT2D eigenvalue weighted by Crippen LogP contribution is -1.80. The van der Waals surface area contributed by atoms with Crippen LogP contribution in [-0.4, -0.2) is 16.0 Å². The standard InChI is InChI=1S/C7H10N2OS/c1-5-8-9-7(10-5)11-4-6-2-3-6/h6H,2-4H2,1H3. The Bertz CT molecular complexity index is 244. The number of nitrogens with zero attached hydrogens (tertiary/aromatic N) is 2. The molecular weight excluding hydrogens is 160 g/mol. The molecule has 1 aromatic rings. The minimum absolute atomic E-state index is 0.656. The number of aryl methyl sites for hydroxylation is 1. The molecule has 0 aromatic carbocycles. The second kappa shape index (κ2) is 2.85. The maximum absolute atomic E-state index is 5.20. The Morgan fingerprint density at radius 1 is 1.55 bits per heavy atom. The van der Waals surface area contributed by atoms with Crippen LogP contribution in [-0.2, 0) is 0 Å². The van der Waals surface area contributed by atoms with Crippen molar-refractivity contribution in [2.75, 3.05) is 5.75 Å². The van der Waals surface area contributed by atoms with E-state index in [1.807, 2.05) is 6.92 Å². The number of rotatable bonds is 3. The van der Waals surface area contributed by atoms with E-state index in [-0.39, 0.29) is 0 Å². The molecular formula is C7H10N2OS. The zero-order valence-electron chi connectivity index (χ0n) is 6.41. The SMILES string of the molecule is Cc1nnc(SCC2CC2)o1. The molecule has 0 unspecified atom stereocenters. The Morgan fingerprint density at radius 2 is 2.36 bits per heavy atom. The Labute approximate surface area is 69.6 Å². The van der Waals surface area contributed by atoms with Gasteiger partial charge in [-0.05, 0) is 18.8 Å². The van der Waals surface area contributed by atoms with Gasteiger partial charge in [0.1, 0.15) is 0 Å². The summed E-state index contributed by atoms with van der Waals surface area (Å²) in [6.45, 7) is 1.81. The molecule has 1 fully saturated rings. The zero-order chi connectivity index (χ0) is 7.68. The number of hydrogen-bond acceptors (Lipinski definition) is 4. The smallest absolute Gasteiger partial charge is 0.276 e. The molecule has 0 spiro atoms. The molecule has 2 rings (SSSR count). The highest BCUT2D eigenvalue weighted by Gasteiger charge is 2.22. The van der Waals surface area contributed by atoms with Crippen molar-refractivity contribution in [1.82, 2.24) is 10.2 Å². The third-order valence-electron chi connectivity index (χ3n) is 1.65.